The molecule has 0 fully saturated rings. The van der Waals surface area contributed by atoms with Gasteiger partial charge in [0.25, 0.3) is 0 Å². The largest absolute Gasteiger partial charge is 0.301 e. The van der Waals surface area contributed by atoms with Gasteiger partial charge in [-0.25, -0.2) is 13.8 Å². The van der Waals surface area contributed by atoms with Crippen molar-refractivity contribution in [2.24, 2.45) is 0 Å². The molecule has 2 rings (SSSR count). The summed E-state index contributed by atoms with van der Waals surface area (Å²) in [5.74, 6) is -2.05. The van der Waals surface area contributed by atoms with Crippen LogP contribution in [0.25, 0.3) is 11.3 Å². The highest BCUT2D eigenvalue weighted by Gasteiger charge is 2.09. The molecule has 1 heterocycles. The number of halogens is 3. The smallest absolute Gasteiger partial charge is 0.236 e. The van der Waals surface area contributed by atoms with Crippen LogP contribution < -0.4 is 5.32 Å². The monoisotopic (exact) mass is 332 g/mol. The zero-order valence-electron chi connectivity index (χ0n) is 8.91. The number of amides is 1. The Balaban J connectivity index is 2.23. The molecule has 1 aromatic heterocycles. The van der Waals surface area contributed by atoms with Crippen molar-refractivity contribution in [2.75, 3.05) is 10.6 Å². The van der Waals surface area contributed by atoms with Crippen LogP contribution in [0.15, 0.2) is 23.6 Å². The zero-order valence-corrected chi connectivity index (χ0v) is 11.3. The van der Waals surface area contributed by atoms with Crippen LogP contribution in [0, 0.1) is 11.6 Å². The van der Waals surface area contributed by atoms with Crippen LogP contribution in [0.3, 0.4) is 0 Å². The maximum absolute atomic E-state index is 13.1. The van der Waals surface area contributed by atoms with Crippen LogP contribution in [-0.4, -0.2) is 16.2 Å². The Morgan fingerprint density at radius 1 is 1.39 bits per heavy atom. The first-order valence-corrected chi connectivity index (χ1v) is 6.87. The van der Waals surface area contributed by atoms with Crippen molar-refractivity contribution in [3.63, 3.8) is 0 Å². The lowest BCUT2D eigenvalue weighted by Gasteiger charge is -1.98. The van der Waals surface area contributed by atoms with Gasteiger partial charge in [0.1, 0.15) is 0 Å². The van der Waals surface area contributed by atoms with Crippen molar-refractivity contribution in [3.8, 4) is 11.3 Å². The van der Waals surface area contributed by atoms with Crippen molar-refractivity contribution in [2.45, 2.75) is 0 Å². The van der Waals surface area contributed by atoms with Gasteiger partial charge >= 0.3 is 0 Å². The molecule has 0 unspecified atom stereocenters. The fraction of sp³-hybridized carbons (Fsp3) is 0.0909. The molecule has 1 amide bonds. The lowest BCUT2D eigenvalue weighted by Crippen LogP contribution is -2.11. The fourth-order valence-electron chi connectivity index (χ4n) is 1.27. The number of aromatic nitrogens is 1. The topological polar surface area (TPSA) is 42.0 Å². The maximum atomic E-state index is 13.1. The summed E-state index contributed by atoms with van der Waals surface area (Å²) in [7, 11) is 0. The molecule has 0 aliphatic carbocycles. The van der Waals surface area contributed by atoms with Gasteiger partial charge in [-0.3, -0.25) is 4.79 Å². The first-order chi connectivity index (χ1) is 8.60. The number of nitrogens with one attached hydrogen (secondary N) is 1. The van der Waals surface area contributed by atoms with Gasteiger partial charge in [-0.2, -0.15) is 0 Å². The number of hydrogen-bond acceptors (Lipinski definition) is 3. The number of rotatable bonds is 3. The number of alkyl halides is 1. The second-order valence-corrected chi connectivity index (χ2v) is 4.77. The van der Waals surface area contributed by atoms with Crippen LogP contribution in [0.1, 0.15) is 0 Å². The molecule has 3 nitrogen and oxygen atoms in total. The highest BCUT2D eigenvalue weighted by Crippen LogP contribution is 2.26. The summed E-state index contributed by atoms with van der Waals surface area (Å²) in [6, 6.07) is 3.55. The summed E-state index contributed by atoms with van der Waals surface area (Å²) in [6.07, 6.45) is 0. The van der Waals surface area contributed by atoms with Gasteiger partial charge in [0.2, 0.25) is 5.91 Å². The Hall–Kier alpha value is -1.34. The lowest BCUT2D eigenvalue weighted by atomic mass is 10.2. The highest BCUT2D eigenvalue weighted by atomic mass is 79.9. The number of nitrogens with zero attached hydrogens (tertiary/aromatic N) is 1. The second kappa shape index (κ2) is 5.53. The molecule has 0 aliphatic rings. The average Bonchev–Trinajstić information content (AvgIpc) is 2.81. The Bertz CT molecular complexity index is 588. The Morgan fingerprint density at radius 3 is 2.83 bits per heavy atom. The average molecular weight is 333 g/mol. The molecule has 2 aromatic rings. The van der Waals surface area contributed by atoms with E-state index in [0.29, 0.717) is 16.4 Å². The third-order valence-electron chi connectivity index (χ3n) is 2.09. The second-order valence-electron chi connectivity index (χ2n) is 3.35. The zero-order chi connectivity index (χ0) is 13.1. The van der Waals surface area contributed by atoms with E-state index in [1.54, 1.807) is 5.38 Å². The van der Waals surface area contributed by atoms with Crippen LogP contribution in [0.5, 0.6) is 0 Å². The van der Waals surface area contributed by atoms with Gasteiger partial charge in [-0.05, 0) is 18.2 Å². The lowest BCUT2D eigenvalue weighted by molar-refractivity contribution is -0.113. The van der Waals surface area contributed by atoms with Crippen molar-refractivity contribution < 1.29 is 13.6 Å². The molecule has 0 saturated carbocycles. The SMILES string of the molecule is O=C(CBr)Nc1nc(-c2ccc(F)c(F)c2)cs1. The molecular weight excluding hydrogens is 326 g/mol. The van der Waals surface area contributed by atoms with E-state index in [0.717, 1.165) is 12.1 Å². The van der Waals surface area contributed by atoms with Crippen molar-refractivity contribution in [1.29, 1.82) is 0 Å². The van der Waals surface area contributed by atoms with Gasteiger partial charge in [0.05, 0.1) is 11.0 Å². The quantitative estimate of drug-likeness (QED) is 0.875. The first kappa shape index (κ1) is 13.1. The number of anilines is 1. The molecule has 18 heavy (non-hydrogen) atoms. The maximum Gasteiger partial charge on any atom is 0.236 e. The summed E-state index contributed by atoms with van der Waals surface area (Å²) >= 11 is 4.23. The molecular formula is C11H7BrF2N2OS. The van der Waals surface area contributed by atoms with Crippen molar-refractivity contribution >= 4 is 38.3 Å². The number of carbonyl (C=O) groups excluding carboxylic acids is 1. The van der Waals surface area contributed by atoms with E-state index >= 15 is 0 Å². The predicted molar refractivity (Wildman–Crippen MR) is 69.9 cm³/mol. The van der Waals surface area contributed by atoms with Gasteiger partial charge in [0, 0.05) is 10.9 Å². The molecule has 0 atom stereocenters. The minimum Gasteiger partial charge on any atom is -0.301 e. The minimum atomic E-state index is -0.924. The van der Waals surface area contributed by atoms with Crippen LogP contribution >= 0.6 is 27.3 Å². The van der Waals surface area contributed by atoms with Crippen molar-refractivity contribution in [1.82, 2.24) is 4.98 Å². The predicted octanol–water partition coefficient (Wildman–Crippen LogP) is 3.42. The van der Waals surface area contributed by atoms with Gasteiger partial charge < -0.3 is 5.32 Å². The van der Waals surface area contributed by atoms with E-state index in [1.807, 2.05) is 0 Å². The molecule has 1 N–H and O–H groups in total. The van der Waals surface area contributed by atoms with Crippen molar-refractivity contribution in [3.05, 3.63) is 35.2 Å². The molecule has 0 spiro atoms. The summed E-state index contributed by atoms with van der Waals surface area (Å²) in [5, 5.41) is 4.81. The molecule has 0 radical (unpaired) electrons. The van der Waals surface area contributed by atoms with E-state index in [1.165, 1.54) is 17.4 Å². The van der Waals surface area contributed by atoms with Gasteiger partial charge in [-0.15, -0.1) is 11.3 Å². The molecule has 7 heteroatoms. The van der Waals surface area contributed by atoms with E-state index in [9.17, 15) is 13.6 Å². The number of carbonyl (C=O) groups is 1. The standard InChI is InChI=1S/C11H7BrF2N2OS/c12-4-10(17)16-11-15-9(5-18-11)6-1-2-7(13)8(14)3-6/h1-3,5H,4H2,(H,15,16,17). The first-order valence-electron chi connectivity index (χ1n) is 4.87. The van der Waals surface area contributed by atoms with E-state index in [4.69, 9.17) is 0 Å². The minimum absolute atomic E-state index is 0.174. The van der Waals surface area contributed by atoms with Gasteiger partial charge in [0.15, 0.2) is 16.8 Å². The van der Waals surface area contributed by atoms with Crippen LogP contribution in [-0.2, 0) is 4.79 Å². The van der Waals surface area contributed by atoms with Crippen LogP contribution in [0.2, 0.25) is 0 Å². The highest BCUT2D eigenvalue weighted by molar-refractivity contribution is 9.09. The normalized spacial score (nSPS) is 10.4. The third-order valence-corrected chi connectivity index (χ3v) is 3.35. The van der Waals surface area contributed by atoms with Crippen LogP contribution in [0.4, 0.5) is 13.9 Å². The summed E-state index contributed by atoms with van der Waals surface area (Å²) in [6.45, 7) is 0. The number of benzene rings is 1. The Morgan fingerprint density at radius 2 is 2.17 bits per heavy atom. The molecule has 1 aromatic carbocycles. The molecule has 94 valence electrons. The molecule has 0 saturated heterocycles. The number of hydrogen-bond donors (Lipinski definition) is 1. The van der Waals surface area contributed by atoms with E-state index < -0.39 is 11.6 Å². The Labute approximate surface area is 114 Å². The summed E-state index contributed by atoms with van der Waals surface area (Å²) < 4.78 is 25.8. The molecule has 0 bridgehead atoms. The fourth-order valence-corrected chi connectivity index (χ4v) is 2.15. The van der Waals surface area contributed by atoms with E-state index in [-0.39, 0.29) is 11.2 Å². The van der Waals surface area contributed by atoms with E-state index in [2.05, 4.69) is 26.2 Å². The summed E-state index contributed by atoms with van der Waals surface area (Å²) in [5.41, 5.74) is 0.952. The van der Waals surface area contributed by atoms with Gasteiger partial charge in [-0.1, -0.05) is 15.9 Å². The molecule has 0 aliphatic heterocycles. The Kier molecular flexibility index (Phi) is 4.03. The number of thiazole rings is 1. The third kappa shape index (κ3) is 2.91. The summed E-state index contributed by atoms with van der Waals surface area (Å²) in [4.78, 5) is 15.2.